The van der Waals surface area contributed by atoms with Gasteiger partial charge in [0.1, 0.15) is 6.67 Å². The van der Waals surface area contributed by atoms with Gasteiger partial charge in [-0.1, -0.05) is 60.7 Å². The Hall–Kier alpha value is -3.93. The van der Waals surface area contributed by atoms with Crippen LogP contribution in [0.5, 0.6) is 0 Å². The zero-order valence-electron chi connectivity index (χ0n) is 19.8. The highest BCUT2D eigenvalue weighted by molar-refractivity contribution is 6.28. The summed E-state index contributed by atoms with van der Waals surface area (Å²) in [7, 11) is 0. The molecule has 2 bridgehead atoms. The van der Waals surface area contributed by atoms with E-state index in [4.69, 9.17) is 14.5 Å². The third kappa shape index (κ3) is 2.99. The van der Waals surface area contributed by atoms with Crippen LogP contribution in [-0.4, -0.2) is 44.1 Å². The van der Waals surface area contributed by atoms with Gasteiger partial charge in [-0.3, -0.25) is 4.99 Å². The molecule has 2 aliphatic heterocycles. The number of fused-ring (bicyclic) bond motifs is 6. The molecule has 2 heterocycles. The summed E-state index contributed by atoms with van der Waals surface area (Å²) in [6.45, 7) is 5.26. The van der Waals surface area contributed by atoms with Crippen LogP contribution in [0.3, 0.4) is 0 Å². The topological polar surface area (TPSA) is 68.2 Å². The summed E-state index contributed by atoms with van der Waals surface area (Å²) in [5.74, 6) is -0.645. The van der Waals surface area contributed by atoms with Crippen LogP contribution < -0.4 is 4.90 Å². The minimum Gasteiger partial charge on any atom is -0.462 e. The fraction of sp³-hybridized carbons (Fsp3) is 0.276. The number of anilines is 1. The van der Waals surface area contributed by atoms with E-state index in [0.717, 1.165) is 39.2 Å². The molecule has 1 atom stereocenters. The van der Waals surface area contributed by atoms with Gasteiger partial charge in [0.15, 0.2) is 0 Å². The molecule has 0 fully saturated rings. The number of carbonyl (C=O) groups is 2. The molecule has 35 heavy (non-hydrogen) atoms. The van der Waals surface area contributed by atoms with E-state index in [9.17, 15) is 9.59 Å². The molecule has 6 nitrogen and oxygen atoms in total. The molecule has 1 spiro atoms. The van der Waals surface area contributed by atoms with Crippen molar-refractivity contribution in [3.63, 3.8) is 0 Å². The normalized spacial score (nSPS) is 21.6. The molecule has 0 N–H and O–H groups in total. The molecule has 4 aliphatic carbocycles. The van der Waals surface area contributed by atoms with Crippen LogP contribution in [-0.2, 0) is 20.7 Å². The average molecular weight is 467 g/mol. The van der Waals surface area contributed by atoms with Crippen molar-refractivity contribution in [3.05, 3.63) is 88.6 Å². The van der Waals surface area contributed by atoms with Crippen LogP contribution in [0.2, 0.25) is 0 Å². The van der Waals surface area contributed by atoms with Crippen molar-refractivity contribution >= 4 is 23.3 Å². The second-order valence-electron chi connectivity index (χ2n) is 9.10. The maximum Gasteiger partial charge on any atom is 0.340 e. The molecule has 6 rings (SSSR count). The fourth-order valence-corrected chi connectivity index (χ4v) is 6.07. The van der Waals surface area contributed by atoms with E-state index in [1.54, 1.807) is 0 Å². The molecule has 0 aromatic rings. The number of hydrogen-bond acceptors (Lipinski definition) is 6. The minimum atomic E-state index is -0.497. The van der Waals surface area contributed by atoms with Gasteiger partial charge in [-0.25, -0.2) is 9.59 Å². The summed E-state index contributed by atoms with van der Waals surface area (Å²) in [5.41, 5.74) is 7.35. The summed E-state index contributed by atoms with van der Waals surface area (Å²) in [6.07, 6.45) is 10.7. The molecule has 0 radical (unpaired) electrons. The van der Waals surface area contributed by atoms with Gasteiger partial charge in [-0.05, 0) is 48.1 Å². The number of hydrogen-bond donors (Lipinski definition) is 0. The van der Waals surface area contributed by atoms with Crippen LogP contribution in [0.4, 0.5) is 5.69 Å². The SMILES string of the molecule is CCOC(=O)C1=C2C=CC=CC=C2C23Cc4c5cccccc-5c(C(=O)OCC)c4N(CN=C12)C3. The summed E-state index contributed by atoms with van der Waals surface area (Å²) in [4.78, 5) is 33.5. The van der Waals surface area contributed by atoms with Gasteiger partial charge in [0.2, 0.25) is 0 Å². The molecular weight excluding hydrogens is 440 g/mol. The lowest BCUT2D eigenvalue weighted by Crippen LogP contribution is -2.52. The predicted molar refractivity (Wildman–Crippen MR) is 135 cm³/mol. The molecule has 1 unspecified atom stereocenters. The maximum absolute atomic E-state index is 13.2. The van der Waals surface area contributed by atoms with Crippen LogP contribution in [0, 0.1) is 5.41 Å². The van der Waals surface area contributed by atoms with Gasteiger partial charge >= 0.3 is 11.9 Å². The molecule has 176 valence electrons. The minimum absolute atomic E-state index is 0.306. The van der Waals surface area contributed by atoms with Crippen molar-refractivity contribution in [2.24, 2.45) is 10.4 Å². The first-order valence-corrected chi connectivity index (χ1v) is 12.1. The van der Waals surface area contributed by atoms with E-state index >= 15 is 0 Å². The van der Waals surface area contributed by atoms with Gasteiger partial charge in [0.25, 0.3) is 0 Å². The number of esters is 2. The van der Waals surface area contributed by atoms with Crippen molar-refractivity contribution < 1.29 is 19.1 Å². The monoisotopic (exact) mass is 466 g/mol. The lowest BCUT2D eigenvalue weighted by molar-refractivity contribution is -0.137. The standard InChI is InChI=1S/C29H26N2O4/c1-3-34-27(32)23-19-12-8-5-7-11-18(19)21-15-29-16-31(25(21)23)17-30-26(29)24(28(33)35-4-2)20-13-9-6-10-14-22(20)29/h5-14H,3-4,15-17H2,1-2H3. The Bertz CT molecular complexity index is 1390. The lowest BCUT2D eigenvalue weighted by atomic mass is 9.69. The van der Waals surface area contributed by atoms with E-state index in [2.05, 4.69) is 17.0 Å². The number of nitrogens with zero attached hydrogens (tertiary/aromatic N) is 2. The van der Waals surface area contributed by atoms with E-state index in [0.29, 0.717) is 44.0 Å². The predicted octanol–water partition coefficient (Wildman–Crippen LogP) is 4.65. The van der Waals surface area contributed by atoms with Crippen LogP contribution in [0.15, 0.2) is 82.4 Å². The van der Waals surface area contributed by atoms with E-state index in [-0.39, 0.29) is 11.9 Å². The highest BCUT2D eigenvalue weighted by atomic mass is 16.5. The van der Waals surface area contributed by atoms with Gasteiger partial charge in [-0.15, -0.1) is 0 Å². The molecule has 0 saturated carbocycles. The first kappa shape index (κ1) is 21.6. The van der Waals surface area contributed by atoms with E-state index in [1.807, 2.05) is 62.4 Å². The molecule has 0 saturated heterocycles. The Kier molecular flexibility index (Phi) is 4.99. The summed E-state index contributed by atoms with van der Waals surface area (Å²) >= 11 is 0. The number of allylic oxidation sites excluding steroid dienone is 6. The number of rotatable bonds is 4. The lowest BCUT2D eigenvalue weighted by Gasteiger charge is -2.46. The summed E-state index contributed by atoms with van der Waals surface area (Å²) in [5, 5.41) is 0. The average Bonchev–Trinajstić information content (AvgIpc) is 3.06. The largest absolute Gasteiger partial charge is 0.462 e. The van der Waals surface area contributed by atoms with Crippen molar-refractivity contribution in [2.75, 3.05) is 31.3 Å². The summed E-state index contributed by atoms with van der Waals surface area (Å²) in [6, 6.07) is 9.98. The smallest absolute Gasteiger partial charge is 0.340 e. The Labute approximate surface area is 204 Å². The van der Waals surface area contributed by atoms with Crippen LogP contribution in [0.25, 0.3) is 11.1 Å². The molecule has 0 aromatic carbocycles. The molecule has 0 aromatic heterocycles. The first-order chi connectivity index (χ1) is 17.1. The first-order valence-electron chi connectivity index (χ1n) is 12.1. The number of ether oxygens (including phenoxy) is 2. The van der Waals surface area contributed by atoms with Gasteiger partial charge < -0.3 is 14.4 Å². The fourth-order valence-electron chi connectivity index (χ4n) is 6.07. The third-order valence-corrected chi connectivity index (χ3v) is 7.28. The van der Waals surface area contributed by atoms with Crippen molar-refractivity contribution in [2.45, 2.75) is 20.3 Å². The number of carbonyl (C=O) groups excluding carboxylic acids is 2. The van der Waals surface area contributed by atoms with Crippen molar-refractivity contribution in [1.29, 1.82) is 0 Å². The van der Waals surface area contributed by atoms with Gasteiger partial charge in [0.05, 0.1) is 41.2 Å². The Morgan fingerprint density at radius 2 is 1.77 bits per heavy atom. The molecule has 6 heteroatoms. The van der Waals surface area contributed by atoms with Crippen LogP contribution in [0.1, 0.15) is 29.8 Å². The second-order valence-corrected chi connectivity index (χ2v) is 9.10. The molecule has 6 aliphatic rings. The zero-order valence-corrected chi connectivity index (χ0v) is 19.8. The Balaban J connectivity index is 1.59. The van der Waals surface area contributed by atoms with Gasteiger partial charge in [0, 0.05) is 6.54 Å². The van der Waals surface area contributed by atoms with Crippen LogP contribution >= 0.6 is 0 Å². The molecular formula is C29H26N2O4. The third-order valence-electron chi connectivity index (χ3n) is 7.28. The van der Waals surface area contributed by atoms with Gasteiger partial charge in [-0.2, -0.15) is 0 Å². The highest BCUT2D eigenvalue weighted by Crippen LogP contribution is 2.57. The summed E-state index contributed by atoms with van der Waals surface area (Å²) < 4.78 is 11.0. The van der Waals surface area contributed by atoms with Crippen molar-refractivity contribution in [1.82, 2.24) is 0 Å². The van der Waals surface area contributed by atoms with E-state index < -0.39 is 5.41 Å². The van der Waals surface area contributed by atoms with Crippen molar-refractivity contribution in [3.8, 4) is 11.1 Å². The zero-order chi connectivity index (χ0) is 24.2. The molecule has 0 amide bonds. The quantitative estimate of drug-likeness (QED) is 0.614. The highest BCUT2D eigenvalue weighted by Gasteiger charge is 2.56. The Morgan fingerprint density at radius 3 is 2.57 bits per heavy atom. The number of aliphatic imine (C=N–C) groups is 1. The van der Waals surface area contributed by atoms with E-state index in [1.165, 1.54) is 0 Å². The Morgan fingerprint density at radius 1 is 1.00 bits per heavy atom. The second kappa shape index (κ2) is 8.08. The maximum atomic E-state index is 13.2.